The lowest BCUT2D eigenvalue weighted by Crippen LogP contribution is -2.35. The van der Waals surface area contributed by atoms with Gasteiger partial charge in [0.25, 0.3) is 0 Å². The SMILES string of the molecule is CCCOC(=O)C1(N=C=O)CCCC1. The molecule has 1 saturated carbocycles. The van der Waals surface area contributed by atoms with Crippen LogP contribution in [0.2, 0.25) is 0 Å². The molecular formula is C10H15NO3. The van der Waals surface area contributed by atoms with Crippen molar-refractivity contribution >= 4 is 12.0 Å². The van der Waals surface area contributed by atoms with Crippen LogP contribution in [0.5, 0.6) is 0 Å². The van der Waals surface area contributed by atoms with Crippen molar-refractivity contribution in [2.75, 3.05) is 6.61 Å². The lowest BCUT2D eigenvalue weighted by molar-refractivity contribution is -0.149. The zero-order valence-electron chi connectivity index (χ0n) is 8.41. The summed E-state index contributed by atoms with van der Waals surface area (Å²) in [5.74, 6) is -0.361. The molecule has 0 radical (unpaired) electrons. The van der Waals surface area contributed by atoms with Gasteiger partial charge in [0.2, 0.25) is 6.08 Å². The summed E-state index contributed by atoms with van der Waals surface area (Å²) in [6, 6.07) is 0. The molecule has 4 heteroatoms. The Hall–Kier alpha value is -1.15. The molecule has 1 fully saturated rings. The highest BCUT2D eigenvalue weighted by Gasteiger charge is 2.42. The van der Waals surface area contributed by atoms with Crippen LogP contribution >= 0.6 is 0 Å². The highest BCUT2D eigenvalue weighted by molar-refractivity contribution is 5.82. The predicted molar refractivity (Wildman–Crippen MR) is 50.6 cm³/mol. The fourth-order valence-corrected chi connectivity index (χ4v) is 1.74. The molecule has 0 aromatic heterocycles. The fourth-order valence-electron chi connectivity index (χ4n) is 1.74. The zero-order valence-corrected chi connectivity index (χ0v) is 8.41. The maximum atomic E-state index is 11.6. The van der Waals surface area contributed by atoms with Crippen LogP contribution in [0.3, 0.4) is 0 Å². The summed E-state index contributed by atoms with van der Waals surface area (Å²) in [4.78, 5) is 25.5. The number of aliphatic imine (C=N–C) groups is 1. The van der Waals surface area contributed by atoms with Gasteiger partial charge in [-0.25, -0.2) is 9.59 Å². The monoisotopic (exact) mass is 197 g/mol. The van der Waals surface area contributed by atoms with Gasteiger partial charge in [0.05, 0.1) is 6.61 Å². The number of ether oxygens (including phenoxy) is 1. The summed E-state index contributed by atoms with van der Waals surface area (Å²) in [6.07, 6.45) is 5.34. The molecule has 0 bridgehead atoms. The summed E-state index contributed by atoms with van der Waals surface area (Å²) < 4.78 is 5.02. The van der Waals surface area contributed by atoms with Gasteiger partial charge in [-0.15, -0.1) is 0 Å². The number of nitrogens with zero attached hydrogens (tertiary/aromatic N) is 1. The molecular weight excluding hydrogens is 182 g/mol. The second-order valence-electron chi connectivity index (χ2n) is 3.58. The molecule has 78 valence electrons. The van der Waals surface area contributed by atoms with E-state index < -0.39 is 5.54 Å². The van der Waals surface area contributed by atoms with Gasteiger partial charge < -0.3 is 4.74 Å². The molecule has 0 aliphatic heterocycles. The van der Waals surface area contributed by atoms with Crippen molar-refractivity contribution in [2.24, 2.45) is 4.99 Å². The number of hydrogen-bond acceptors (Lipinski definition) is 4. The Morgan fingerprint density at radius 2 is 2.14 bits per heavy atom. The minimum Gasteiger partial charge on any atom is -0.464 e. The quantitative estimate of drug-likeness (QED) is 0.390. The second kappa shape index (κ2) is 4.91. The number of carbonyl (C=O) groups excluding carboxylic acids is 2. The molecule has 0 unspecified atom stereocenters. The fraction of sp³-hybridized carbons (Fsp3) is 0.800. The summed E-state index contributed by atoms with van der Waals surface area (Å²) >= 11 is 0. The van der Waals surface area contributed by atoms with Crippen LogP contribution in [0.15, 0.2) is 4.99 Å². The van der Waals surface area contributed by atoms with Gasteiger partial charge in [-0.2, -0.15) is 4.99 Å². The van der Waals surface area contributed by atoms with Gasteiger partial charge in [0.15, 0.2) is 5.54 Å². The molecule has 0 heterocycles. The average Bonchev–Trinajstić information content (AvgIpc) is 2.64. The Bertz CT molecular complexity index is 250. The standard InChI is InChI=1S/C10H15NO3/c1-2-7-14-9(13)10(11-8-12)5-3-4-6-10/h2-7H2,1H3. The first-order chi connectivity index (χ1) is 6.75. The molecule has 0 N–H and O–H groups in total. The van der Waals surface area contributed by atoms with E-state index in [2.05, 4.69) is 4.99 Å². The zero-order chi connectivity index (χ0) is 10.4. The van der Waals surface area contributed by atoms with Crippen LogP contribution in [0.4, 0.5) is 0 Å². The second-order valence-corrected chi connectivity index (χ2v) is 3.58. The maximum Gasteiger partial charge on any atom is 0.334 e. The molecule has 0 aromatic rings. The van der Waals surface area contributed by atoms with E-state index in [0.717, 1.165) is 19.3 Å². The molecule has 14 heavy (non-hydrogen) atoms. The first-order valence-corrected chi connectivity index (χ1v) is 5.01. The molecule has 1 aliphatic carbocycles. The van der Waals surface area contributed by atoms with Crippen molar-refractivity contribution in [3.05, 3.63) is 0 Å². The minimum atomic E-state index is -0.906. The summed E-state index contributed by atoms with van der Waals surface area (Å²) in [5.41, 5.74) is -0.906. The maximum absolute atomic E-state index is 11.6. The third kappa shape index (κ3) is 2.20. The van der Waals surface area contributed by atoms with Gasteiger partial charge in [0, 0.05) is 0 Å². The Kier molecular flexibility index (Phi) is 3.84. The van der Waals surface area contributed by atoms with Gasteiger partial charge in [-0.1, -0.05) is 19.8 Å². The minimum absolute atomic E-state index is 0.361. The Morgan fingerprint density at radius 3 is 2.64 bits per heavy atom. The highest BCUT2D eigenvalue weighted by atomic mass is 16.5. The van der Waals surface area contributed by atoms with Gasteiger partial charge >= 0.3 is 5.97 Å². The van der Waals surface area contributed by atoms with Gasteiger partial charge in [-0.3, -0.25) is 0 Å². The highest BCUT2D eigenvalue weighted by Crippen LogP contribution is 2.34. The van der Waals surface area contributed by atoms with Crippen molar-refractivity contribution in [3.8, 4) is 0 Å². The number of carbonyl (C=O) groups is 1. The van der Waals surface area contributed by atoms with E-state index in [0.29, 0.717) is 19.4 Å². The summed E-state index contributed by atoms with van der Waals surface area (Å²) in [7, 11) is 0. The van der Waals surface area contributed by atoms with Crippen molar-refractivity contribution in [3.63, 3.8) is 0 Å². The van der Waals surface area contributed by atoms with Crippen molar-refractivity contribution in [1.29, 1.82) is 0 Å². The molecule has 0 spiro atoms. The first-order valence-electron chi connectivity index (χ1n) is 5.01. The van der Waals surface area contributed by atoms with Crippen molar-refractivity contribution < 1.29 is 14.3 Å². The predicted octanol–water partition coefficient (Wildman–Crippen LogP) is 1.59. The largest absolute Gasteiger partial charge is 0.464 e. The molecule has 0 aromatic carbocycles. The molecule has 1 rings (SSSR count). The summed E-state index contributed by atoms with van der Waals surface area (Å²) in [6.45, 7) is 2.33. The van der Waals surface area contributed by atoms with Gasteiger partial charge in [-0.05, 0) is 19.3 Å². The first kappa shape index (κ1) is 10.9. The van der Waals surface area contributed by atoms with E-state index in [1.807, 2.05) is 6.92 Å². The van der Waals surface area contributed by atoms with E-state index in [1.165, 1.54) is 6.08 Å². The Morgan fingerprint density at radius 1 is 1.50 bits per heavy atom. The lowest BCUT2D eigenvalue weighted by Gasteiger charge is -2.19. The van der Waals surface area contributed by atoms with Crippen molar-refractivity contribution in [1.82, 2.24) is 0 Å². The van der Waals surface area contributed by atoms with Crippen LogP contribution in [-0.2, 0) is 14.3 Å². The molecule has 0 saturated heterocycles. The van der Waals surface area contributed by atoms with Crippen LogP contribution in [0.25, 0.3) is 0 Å². The van der Waals surface area contributed by atoms with E-state index in [-0.39, 0.29) is 5.97 Å². The smallest absolute Gasteiger partial charge is 0.334 e. The molecule has 0 amide bonds. The summed E-state index contributed by atoms with van der Waals surface area (Å²) in [5, 5.41) is 0. The topological polar surface area (TPSA) is 55.7 Å². The van der Waals surface area contributed by atoms with E-state index >= 15 is 0 Å². The number of rotatable bonds is 4. The lowest BCUT2D eigenvalue weighted by atomic mass is 9.99. The normalized spacial score (nSPS) is 18.6. The van der Waals surface area contributed by atoms with Gasteiger partial charge in [0.1, 0.15) is 0 Å². The molecule has 4 nitrogen and oxygen atoms in total. The third-order valence-corrected chi connectivity index (χ3v) is 2.51. The van der Waals surface area contributed by atoms with E-state index in [1.54, 1.807) is 0 Å². The van der Waals surface area contributed by atoms with Crippen LogP contribution in [-0.4, -0.2) is 24.2 Å². The number of hydrogen-bond donors (Lipinski definition) is 0. The molecule has 0 atom stereocenters. The van der Waals surface area contributed by atoms with Crippen LogP contribution < -0.4 is 0 Å². The van der Waals surface area contributed by atoms with Crippen LogP contribution in [0, 0.1) is 0 Å². The third-order valence-electron chi connectivity index (χ3n) is 2.51. The number of isocyanates is 1. The number of esters is 1. The molecule has 1 aliphatic rings. The Balaban J connectivity index is 2.67. The van der Waals surface area contributed by atoms with E-state index in [4.69, 9.17) is 4.74 Å². The average molecular weight is 197 g/mol. The van der Waals surface area contributed by atoms with Crippen LogP contribution in [0.1, 0.15) is 39.0 Å². The van der Waals surface area contributed by atoms with E-state index in [9.17, 15) is 9.59 Å². The Labute approximate surface area is 83.3 Å². The van der Waals surface area contributed by atoms with Crippen molar-refractivity contribution in [2.45, 2.75) is 44.6 Å².